The Balaban J connectivity index is 1.89. The average Bonchev–Trinajstić information content (AvgIpc) is 2.69. The number of carbonyl (C=O) groups is 2. The van der Waals surface area contributed by atoms with Gasteiger partial charge in [0.05, 0.1) is 24.3 Å². The quantitative estimate of drug-likeness (QED) is 0.348. The maximum Gasteiger partial charge on any atom is 0.273 e. The Morgan fingerprint density at radius 3 is 2.48 bits per heavy atom. The van der Waals surface area contributed by atoms with Gasteiger partial charge in [-0.25, -0.2) is 5.43 Å². The standard InChI is InChI=1S/C18H17BrN4O6/c1-29-15-9-14(23(27)28)8-11(18(15)26)10-20-22-17(25)7-6-16(24)21-13-4-2-12(19)3-5-13/h2-5,8-10,26H,6-7H2,1H3,(H,21,24)(H,22,25)/p-1/b20-10-. The molecule has 29 heavy (non-hydrogen) atoms. The summed E-state index contributed by atoms with van der Waals surface area (Å²) in [5.41, 5.74) is 2.29. The predicted molar refractivity (Wildman–Crippen MR) is 107 cm³/mol. The lowest BCUT2D eigenvalue weighted by Gasteiger charge is -2.14. The second-order valence-corrected chi connectivity index (χ2v) is 6.59. The number of nitrogens with one attached hydrogen (secondary N) is 2. The fourth-order valence-corrected chi connectivity index (χ4v) is 2.44. The number of nitro benzene ring substituents is 1. The Labute approximate surface area is 173 Å². The molecule has 0 spiro atoms. The third kappa shape index (κ3) is 6.57. The topological polar surface area (TPSA) is 146 Å². The van der Waals surface area contributed by atoms with Crippen molar-refractivity contribution >= 4 is 45.3 Å². The minimum atomic E-state index is -0.679. The van der Waals surface area contributed by atoms with Crippen molar-refractivity contribution in [3.63, 3.8) is 0 Å². The highest BCUT2D eigenvalue weighted by atomic mass is 79.9. The molecule has 0 saturated carbocycles. The summed E-state index contributed by atoms with van der Waals surface area (Å²) >= 11 is 3.29. The molecule has 11 heteroatoms. The van der Waals surface area contributed by atoms with Gasteiger partial charge >= 0.3 is 0 Å². The number of non-ortho nitro benzene ring substituents is 1. The number of methoxy groups -OCH3 is 1. The Hall–Kier alpha value is -3.47. The molecular weight excluding hydrogens is 448 g/mol. The summed E-state index contributed by atoms with van der Waals surface area (Å²) in [4.78, 5) is 33.9. The number of hydrazone groups is 1. The van der Waals surface area contributed by atoms with Gasteiger partial charge in [-0.2, -0.15) is 5.10 Å². The van der Waals surface area contributed by atoms with Crippen LogP contribution in [0.3, 0.4) is 0 Å². The van der Waals surface area contributed by atoms with Crippen LogP contribution >= 0.6 is 15.9 Å². The summed E-state index contributed by atoms with van der Waals surface area (Å²) in [5, 5.41) is 29.2. The van der Waals surface area contributed by atoms with E-state index in [1.807, 2.05) is 0 Å². The SMILES string of the molecule is COc1cc([N+](=O)[O-])cc(/C=N\NC(=O)CCC(=O)Nc2ccc(Br)cc2)c1[O-]. The third-order valence-corrected chi connectivity index (χ3v) is 4.13. The Bertz CT molecular complexity index is 946. The smallest absolute Gasteiger partial charge is 0.273 e. The highest BCUT2D eigenvalue weighted by Gasteiger charge is 2.11. The van der Waals surface area contributed by atoms with Gasteiger partial charge in [0.1, 0.15) is 5.75 Å². The molecule has 0 heterocycles. The predicted octanol–water partition coefficient (Wildman–Crippen LogP) is 2.31. The Morgan fingerprint density at radius 1 is 1.21 bits per heavy atom. The van der Waals surface area contributed by atoms with Gasteiger partial charge in [0, 0.05) is 29.1 Å². The van der Waals surface area contributed by atoms with Crippen LogP contribution in [0.1, 0.15) is 18.4 Å². The van der Waals surface area contributed by atoms with Gasteiger partial charge in [-0.05, 0) is 29.8 Å². The molecule has 0 fully saturated rings. The lowest BCUT2D eigenvalue weighted by atomic mass is 10.2. The van der Waals surface area contributed by atoms with Crippen LogP contribution in [0.5, 0.6) is 11.5 Å². The molecule has 0 aromatic heterocycles. The largest absolute Gasteiger partial charge is 0.870 e. The molecule has 0 aliphatic heterocycles. The molecular formula is C18H16BrN4O6-. The molecule has 0 bridgehead atoms. The summed E-state index contributed by atoms with van der Waals surface area (Å²) in [6.07, 6.45) is 0.773. The first-order valence-electron chi connectivity index (χ1n) is 8.21. The van der Waals surface area contributed by atoms with Crippen LogP contribution in [0.2, 0.25) is 0 Å². The average molecular weight is 464 g/mol. The maximum atomic E-state index is 12.1. The van der Waals surface area contributed by atoms with Crippen molar-refractivity contribution in [3.8, 4) is 11.5 Å². The fourth-order valence-electron chi connectivity index (χ4n) is 2.18. The second-order valence-electron chi connectivity index (χ2n) is 5.67. The van der Waals surface area contributed by atoms with Gasteiger partial charge in [0.2, 0.25) is 11.8 Å². The van der Waals surface area contributed by atoms with Crippen molar-refractivity contribution in [2.75, 3.05) is 12.4 Å². The van der Waals surface area contributed by atoms with Crippen molar-refractivity contribution in [1.82, 2.24) is 5.43 Å². The van der Waals surface area contributed by atoms with Crippen molar-refractivity contribution < 1.29 is 24.4 Å². The van der Waals surface area contributed by atoms with Crippen LogP contribution in [0.4, 0.5) is 11.4 Å². The summed E-state index contributed by atoms with van der Waals surface area (Å²) in [6, 6.07) is 8.98. The zero-order chi connectivity index (χ0) is 21.4. The van der Waals surface area contributed by atoms with Crippen molar-refractivity contribution in [3.05, 3.63) is 56.5 Å². The summed E-state index contributed by atoms with van der Waals surface area (Å²) in [7, 11) is 1.21. The number of nitrogens with zero attached hydrogens (tertiary/aromatic N) is 2. The van der Waals surface area contributed by atoms with Gasteiger partial charge in [-0.15, -0.1) is 0 Å². The highest BCUT2D eigenvalue weighted by Crippen LogP contribution is 2.31. The van der Waals surface area contributed by atoms with E-state index in [9.17, 15) is 24.8 Å². The van der Waals surface area contributed by atoms with E-state index in [2.05, 4.69) is 31.8 Å². The van der Waals surface area contributed by atoms with Crippen LogP contribution < -0.4 is 20.6 Å². The molecule has 0 atom stereocenters. The normalized spacial score (nSPS) is 10.6. The van der Waals surface area contributed by atoms with Crippen LogP contribution in [-0.2, 0) is 9.59 Å². The molecule has 152 valence electrons. The van der Waals surface area contributed by atoms with Crippen molar-refractivity contribution in [2.24, 2.45) is 5.10 Å². The number of hydrogen-bond donors (Lipinski definition) is 2. The number of carbonyl (C=O) groups excluding carboxylic acids is 2. The zero-order valence-corrected chi connectivity index (χ0v) is 16.8. The Kier molecular flexibility index (Phi) is 7.66. The number of ether oxygens (including phenoxy) is 1. The molecule has 10 nitrogen and oxygen atoms in total. The number of benzene rings is 2. The molecule has 0 aliphatic carbocycles. The summed E-state index contributed by atoms with van der Waals surface area (Å²) in [6.45, 7) is 0. The third-order valence-electron chi connectivity index (χ3n) is 3.60. The molecule has 0 unspecified atom stereocenters. The van der Waals surface area contributed by atoms with E-state index in [4.69, 9.17) is 4.74 Å². The van der Waals surface area contributed by atoms with Gasteiger partial charge in [-0.3, -0.25) is 19.7 Å². The molecule has 0 saturated heterocycles. The van der Waals surface area contributed by atoms with E-state index in [0.29, 0.717) is 5.69 Å². The van der Waals surface area contributed by atoms with Crippen molar-refractivity contribution in [2.45, 2.75) is 12.8 Å². The van der Waals surface area contributed by atoms with Gasteiger partial charge in [0.25, 0.3) is 5.69 Å². The molecule has 2 aromatic rings. The molecule has 0 radical (unpaired) electrons. The van der Waals surface area contributed by atoms with Crippen LogP contribution in [0.15, 0.2) is 46.0 Å². The van der Waals surface area contributed by atoms with Gasteiger partial charge in [0.15, 0.2) is 0 Å². The molecule has 2 N–H and O–H groups in total. The van der Waals surface area contributed by atoms with E-state index in [1.165, 1.54) is 7.11 Å². The molecule has 2 rings (SSSR count). The number of hydrogen-bond acceptors (Lipinski definition) is 7. The minimum absolute atomic E-state index is 0.0745. The van der Waals surface area contributed by atoms with E-state index in [1.54, 1.807) is 24.3 Å². The fraction of sp³-hybridized carbons (Fsp3) is 0.167. The first-order valence-corrected chi connectivity index (χ1v) is 9.00. The van der Waals surface area contributed by atoms with Gasteiger partial charge in [-0.1, -0.05) is 21.7 Å². The van der Waals surface area contributed by atoms with Crippen LogP contribution in [0.25, 0.3) is 0 Å². The summed E-state index contributed by atoms with van der Waals surface area (Å²) in [5.74, 6) is -1.73. The first kappa shape index (κ1) is 21.8. The monoisotopic (exact) mass is 463 g/mol. The lowest BCUT2D eigenvalue weighted by Crippen LogP contribution is -2.20. The molecule has 0 aliphatic rings. The van der Waals surface area contributed by atoms with E-state index >= 15 is 0 Å². The minimum Gasteiger partial charge on any atom is -0.870 e. The Morgan fingerprint density at radius 2 is 1.86 bits per heavy atom. The van der Waals surface area contributed by atoms with E-state index in [-0.39, 0.29) is 35.7 Å². The first-order chi connectivity index (χ1) is 13.8. The zero-order valence-electron chi connectivity index (χ0n) is 15.2. The highest BCUT2D eigenvalue weighted by molar-refractivity contribution is 9.10. The number of nitro groups is 1. The summed E-state index contributed by atoms with van der Waals surface area (Å²) < 4.78 is 5.68. The van der Waals surface area contributed by atoms with Crippen LogP contribution in [-0.4, -0.2) is 30.1 Å². The van der Waals surface area contributed by atoms with E-state index < -0.39 is 16.6 Å². The second kappa shape index (κ2) is 10.2. The van der Waals surface area contributed by atoms with Crippen molar-refractivity contribution in [1.29, 1.82) is 0 Å². The van der Waals surface area contributed by atoms with Crippen LogP contribution in [0, 0.1) is 10.1 Å². The number of rotatable bonds is 8. The van der Waals surface area contributed by atoms with E-state index in [0.717, 1.165) is 22.8 Å². The molecule has 2 aromatic carbocycles. The lowest BCUT2D eigenvalue weighted by molar-refractivity contribution is -0.385. The number of halogens is 1. The molecule has 2 amide bonds. The van der Waals surface area contributed by atoms with Gasteiger partial charge < -0.3 is 15.2 Å². The number of anilines is 1. The number of amides is 2. The maximum absolute atomic E-state index is 12.1.